The number of hydrazone groups is 1. The molecule has 1 aliphatic heterocycles. The highest BCUT2D eigenvalue weighted by Crippen LogP contribution is 2.48. The van der Waals surface area contributed by atoms with E-state index in [1.54, 1.807) is 14.2 Å². The highest BCUT2D eigenvalue weighted by molar-refractivity contribution is 6.08. The Morgan fingerprint density at radius 2 is 1.53 bits per heavy atom. The fourth-order valence-electron chi connectivity index (χ4n) is 4.99. The zero-order valence-electron chi connectivity index (χ0n) is 18.6. The molecule has 4 nitrogen and oxygen atoms in total. The molecule has 32 heavy (non-hydrogen) atoms. The molecule has 3 aromatic rings. The van der Waals surface area contributed by atoms with Crippen LogP contribution in [0.3, 0.4) is 0 Å². The van der Waals surface area contributed by atoms with Gasteiger partial charge in [0.2, 0.25) is 0 Å². The molecule has 0 radical (unpaired) electrons. The second-order valence-corrected chi connectivity index (χ2v) is 8.26. The van der Waals surface area contributed by atoms with Crippen LogP contribution in [0.15, 0.2) is 89.5 Å². The van der Waals surface area contributed by atoms with E-state index in [2.05, 4.69) is 59.6 Å². The van der Waals surface area contributed by atoms with Crippen LogP contribution >= 0.6 is 0 Å². The zero-order chi connectivity index (χ0) is 21.9. The quantitative estimate of drug-likeness (QED) is 0.468. The SMILES string of the molecule is COc1ccccc1/C=C1\CCC[C@@H]2C1=NN(c1ccccc1)[C@@H]2c1ccccc1OC. The van der Waals surface area contributed by atoms with E-state index in [1.807, 2.05) is 30.3 Å². The van der Waals surface area contributed by atoms with Gasteiger partial charge in [-0.25, -0.2) is 0 Å². The lowest BCUT2D eigenvalue weighted by atomic mass is 9.77. The molecule has 4 heteroatoms. The minimum absolute atomic E-state index is 0.102. The number of para-hydroxylation sites is 3. The van der Waals surface area contributed by atoms with Gasteiger partial charge in [-0.05, 0) is 55.2 Å². The molecule has 1 aliphatic carbocycles. The highest BCUT2D eigenvalue weighted by atomic mass is 16.5. The molecule has 162 valence electrons. The van der Waals surface area contributed by atoms with Gasteiger partial charge in [-0.3, -0.25) is 5.01 Å². The van der Waals surface area contributed by atoms with Gasteiger partial charge in [-0.15, -0.1) is 0 Å². The number of anilines is 1. The van der Waals surface area contributed by atoms with Crippen molar-refractivity contribution in [3.8, 4) is 11.5 Å². The van der Waals surface area contributed by atoms with Gasteiger partial charge in [0.25, 0.3) is 0 Å². The van der Waals surface area contributed by atoms with Gasteiger partial charge in [0, 0.05) is 17.0 Å². The molecule has 0 saturated heterocycles. The van der Waals surface area contributed by atoms with Gasteiger partial charge >= 0.3 is 0 Å². The van der Waals surface area contributed by atoms with E-state index >= 15 is 0 Å². The Kier molecular flexibility index (Phi) is 5.68. The van der Waals surface area contributed by atoms with Crippen molar-refractivity contribution >= 4 is 17.5 Å². The maximum absolute atomic E-state index is 5.77. The summed E-state index contributed by atoms with van der Waals surface area (Å²) in [5, 5.41) is 7.43. The lowest BCUT2D eigenvalue weighted by Gasteiger charge is -2.31. The van der Waals surface area contributed by atoms with Crippen LogP contribution < -0.4 is 14.5 Å². The number of methoxy groups -OCH3 is 2. The van der Waals surface area contributed by atoms with Gasteiger partial charge in [-0.1, -0.05) is 54.6 Å². The van der Waals surface area contributed by atoms with Gasteiger partial charge in [0.15, 0.2) is 0 Å². The second-order valence-electron chi connectivity index (χ2n) is 8.26. The third kappa shape index (κ3) is 3.66. The number of rotatable bonds is 5. The third-order valence-corrected chi connectivity index (χ3v) is 6.45. The Bertz CT molecular complexity index is 1150. The molecular formula is C28H28N2O2. The normalized spacial score (nSPS) is 21.2. The Morgan fingerprint density at radius 3 is 2.31 bits per heavy atom. The molecule has 0 amide bonds. The fourth-order valence-corrected chi connectivity index (χ4v) is 4.99. The van der Waals surface area contributed by atoms with Crippen molar-refractivity contribution in [2.75, 3.05) is 19.2 Å². The average molecular weight is 425 g/mol. The van der Waals surface area contributed by atoms with Crippen LogP contribution in [0.1, 0.15) is 36.4 Å². The van der Waals surface area contributed by atoms with Crippen LogP contribution in [0, 0.1) is 5.92 Å². The minimum atomic E-state index is 0.102. The maximum atomic E-state index is 5.77. The van der Waals surface area contributed by atoms with Gasteiger partial charge in [0.1, 0.15) is 11.5 Å². The van der Waals surface area contributed by atoms with E-state index < -0.39 is 0 Å². The molecule has 0 aromatic heterocycles. The van der Waals surface area contributed by atoms with Crippen molar-refractivity contribution in [3.63, 3.8) is 0 Å². The molecule has 1 heterocycles. The Balaban J connectivity index is 1.62. The van der Waals surface area contributed by atoms with E-state index in [9.17, 15) is 0 Å². The van der Waals surface area contributed by atoms with Crippen LogP contribution in [-0.2, 0) is 0 Å². The molecule has 3 aromatic carbocycles. The first-order chi connectivity index (χ1) is 15.8. The number of hydrogen-bond acceptors (Lipinski definition) is 4. The van der Waals surface area contributed by atoms with Crippen molar-refractivity contribution in [1.82, 2.24) is 0 Å². The summed E-state index contributed by atoms with van der Waals surface area (Å²) < 4.78 is 11.4. The van der Waals surface area contributed by atoms with Crippen molar-refractivity contribution in [2.45, 2.75) is 25.3 Å². The fraction of sp³-hybridized carbons (Fsp3) is 0.250. The van der Waals surface area contributed by atoms with Crippen LogP contribution in [0.5, 0.6) is 11.5 Å². The summed E-state index contributed by atoms with van der Waals surface area (Å²) in [7, 11) is 3.47. The van der Waals surface area contributed by atoms with Crippen molar-refractivity contribution in [2.24, 2.45) is 11.0 Å². The van der Waals surface area contributed by atoms with Gasteiger partial charge in [-0.2, -0.15) is 5.10 Å². The van der Waals surface area contributed by atoms with E-state index in [1.165, 1.54) is 16.8 Å². The summed E-state index contributed by atoms with van der Waals surface area (Å²) in [6.45, 7) is 0. The first kappa shape index (κ1) is 20.4. The van der Waals surface area contributed by atoms with Crippen molar-refractivity contribution < 1.29 is 9.47 Å². The zero-order valence-corrected chi connectivity index (χ0v) is 18.6. The van der Waals surface area contributed by atoms with Crippen molar-refractivity contribution in [1.29, 1.82) is 0 Å². The lowest BCUT2D eigenvalue weighted by molar-refractivity contribution is 0.395. The predicted molar refractivity (Wildman–Crippen MR) is 130 cm³/mol. The number of hydrogen-bond donors (Lipinski definition) is 0. The first-order valence-electron chi connectivity index (χ1n) is 11.2. The number of allylic oxidation sites excluding steroid dienone is 1. The molecule has 2 atom stereocenters. The van der Waals surface area contributed by atoms with Crippen molar-refractivity contribution in [3.05, 3.63) is 95.6 Å². The largest absolute Gasteiger partial charge is 0.496 e. The summed E-state index contributed by atoms with van der Waals surface area (Å²) in [5.74, 6) is 2.11. The molecule has 0 unspecified atom stereocenters. The lowest BCUT2D eigenvalue weighted by Crippen LogP contribution is -2.28. The van der Waals surface area contributed by atoms with Crippen LogP contribution in [-0.4, -0.2) is 19.9 Å². The second kappa shape index (κ2) is 8.91. The standard InChI is InChI=1S/C28H28N2O2/c1-31-25-17-8-6-11-20(25)19-21-12-10-16-24-27(21)29-30(22-13-4-3-5-14-22)28(24)23-15-7-9-18-26(23)32-2/h3-9,11,13-15,17-19,24,28H,10,12,16H2,1-2H3/b21-19+/t24-,28-/m1/s1. The predicted octanol–water partition coefficient (Wildman–Crippen LogP) is 6.50. The number of fused-ring (bicyclic) bond motifs is 1. The Labute approximate surface area is 189 Å². The molecule has 1 saturated carbocycles. The number of nitrogens with zero attached hydrogens (tertiary/aromatic N) is 2. The summed E-state index contributed by atoms with van der Waals surface area (Å²) in [4.78, 5) is 0. The summed E-state index contributed by atoms with van der Waals surface area (Å²) in [5.41, 5.74) is 5.86. The average Bonchev–Trinajstić information content (AvgIpc) is 3.25. The molecule has 5 rings (SSSR count). The summed E-state index contributed by atoms with van der Waals surface area (Å²) >= 11 is 0. The molecule has 1 fully saturated rings. The third-order valence-electron chi connectivity index (χ3n) is 6.45. The molecule has 0 spiro atoms. The molecule has 2 aliphatic rings. The first-order valence-corrected chi connectivity index (χ1v) is 11.2. The summed E-state index contributed by atoms with van der Waals surface area (Å²) in [6, 6.07) is 27.1. The Morgan fingerprint density at radius 1 is 0.844 bits per heavy atom. The maximum Gasteiger partial charge on any atom is 0.126 e. The summed E-state index contributed by atoms with van der Waals surface area (Å²) in [6.07, 6.45) is 5.53. The van der Waals surface area contributed by atoms with E-state index in [4.69, 9.17) is 14.6 Å². The highest BCUT2D eigenvalue weighted by Gasteiger charge is 2.43. The van der Waals surface area contributed by atoms with E-state index in [0.29, 0.717) is 5.92 Å². The smallest absolute Gasteiger partial charge is 0.126 e. The van der Waals surface area contributed by atoms with Crippen LogP contribution in [0.2, 0.25) is 0 Å². The minimum Gasteiger partial charge on any atom is -0.496 e. The molecular weight excluding hydrogens is 396 g/mol. The molecule has 0 N–H and O–H groups in total. The monoisotopic (exact) mass is 424 g/mol. The van der Waals surface area contributed by atoms with Crippen LogP contribution in [0.25, 0.3) is 6.08 Å². The van der Waals surface area contributed by atoms with Gasteiger partial charge < -0.3 is 9.47 Å². The topological polar surface area (TPSA) is 34.1 Å². The Hall–Kier alpha value is -3.53. The van der Waals surface area contributed by atoms with E-state index in [0.717, 1.165) is 42.0 Å². The van der Waals surface area contributed by atoms with Crippen LogP contribution in [0.4, 0.5) is 5.69 Å². The van der Waals surface area contributed by atoms with E-state index in [-0.39, 0.29) is 6.04 Å². The number of benzene rings is 3. The number of ether oxygens (including phenoxy) is 2. The van der Waals surface area contributed by atoms with Gasteiger partial charge in [0.05, 0.1) is 31.7 Å². The molecule has 0 bridgehead atoms.